The van der Waals surface area contributed by atoms with Crippen LogP contribution in [0.1, 0.15) is 13.3 Å². The molecule has 1 aliphatic rings. The van der Waals surface area contributed by atoms with Crippen molar-refractivity contribution >= 4 is 5.96 Å². The van der Waals surface area contributed by atoms with Crippen LogP contribution in [0.15, 0.2) is 59.6 Å². The van der Waals surface area contributed by atoms with E-state index in [1.54, 1.807) is 7.11 Å². The summed E-state index contributed by atoms with van der Waals surface area (Å²) in [5, 5.41) is 3.40. The Kier molecular flexibility index (Phi) is 7.73. The lowest BCUT2D eigenvalue weighted by atomic mass is 10.1. The van der Waals surface area contributed by atoms with Gasteiger partial charge in [-0.1, -0.05) is 48.5 Å². The van der Waals surface area contributed by atoms with Crippen molar-refractivity contribution in [3.8, 4) is 16.9 Å². The summed E-state index contributed by atoms with van der Waals surface area (Å²) in [4.78, 5) is 7.10. The molecular formula is C23H31N3O2. The molecule has 0 amide bonds. The molecule has 0 saturated carbocycles. The lowest BCUT2D eigenvalue weighted by molar-refractivity contribution is 0.157. The van der Waals surface area contributed by atoms with Crippen LogP contribution in [0.5, 0.6) is 5.75 Å². The van der Waals surface area contributed by atoms with Gasteiger partial charge in [-0.2, -0.15) is 0 Å². The number of rotatable bonds is 8. The van der Waals surface area contributed by atoms with Gasteiger partial charge in [0.25, 0.3) is 0 Å². The van der Waals surface area contributed by atoms with Gasteiger partial charge in [0.05, 0.1) is 13.2 Å². The predicted molar refractivity (Wildman–Crippen MR) is 115 cm³/mol. The second kappa shape index (κ2) is 10.7. The highest BCUT2D eigenvalue weighted by Crippen LogP contribution is 2.29. The first kappa shape index (κ1) is 20.2. The normalized spacial score (nSPS) is 17.0. The molecule has 150 valence electrons. The van der Waals surface area contributed by atoms with Crippen LogP contribution < -0.4 is 10.1 Å². The fourth-order valence-electron chi connectivity index (χ4n) is 3.58. The molecule has 1 aliphatic heterocycles. The Labute approximate surface area is 168 Å². The number of ether oxygens (including phenoxy) is 2. The first-order valence-corrected chi connectivity index (χ1v) is 10.1. The molecule has 1 saturated heterocycles. The second-order valence-electron chi connectivity index (χ2n) is 7.00. The van der Waals surface area contributed by atoms with E-state index in [1.165, 1.54) is 0 Å². The number of hydrogen-bond donors (Lipinski definition) is 1. The Morgan fingerprint density at radius 1 is 1.14 bits per heavy atom. The number of methoxy groups -OCH3 is 1. The van der Waals surface area contributed by atoms with Crippen molar-refractivity contribution in [3.63, 3.8) is 0 Å². The largest absolute Gasteiger partial charge is 0.491 e. The third kappa shape index (κ3) is 5.49. The van der Waals surface area contributed by atoms with Crippen LogP contribution in [0.2, 0.25) is 0 Å². The van der Waals surface area contributed by atoms with Gasteiger partial charge in [0, 0.05) is 38.2 Å². The number of para-hydroxylation sites is 1. The molecule has 1 heterocycles. The van der Waals surface area contributed by atoms with E-state index in [2.05, 4.69) is 35.3 Å². The highest BCUT2D eigenvalue weighted by atomic mass is 16.5. The molecule has 0 spiro atoms. The zero-order chi connectivity index (χ0) is 19.6. The highest BCUT2D eigenvalue weighted by Gasteiger charge is 2.24. The summed E-state index contributed by atoms with van der Waals surface area (Å²) in [5.74, 6) is 2.46. The minimum atomic E-state index is 0.550. The summed E-state index contributed by atoms with van der Waals surface area (Å²) >= 11 is 0. The summed E-state index contributed by atoms with van der Waals surface area (Å²) in [7, 11) is 1.77. The van der Waals surface area contributed by atoms with Gasteiger partial charge in [0.2, 0.25) is 0 Å². The van der Waals surface area contributed by atoms with Gasteiger partial charge in [0.1, 0.15) is 12.4 Å². The highest BCUT2D eigenvalue weighted by molar-refractivity contribution is 5.80. The van der Waals surface area contributed by atoms with Crippen molar-refractivity contribution in [2.24, 2.45) is 10.9 Å². The van der Waals surface area contributed by atoms with Crippen molar-refractivity contribution < 1.29 is 9.47 Å². The van der Waals surface area contributed by atoms with Gasteiger partial charge in [0.15, 0.2) is 5.96 Å². The number of guanidine groups is 1. The standard InChI is InChI=1S/C23H31N3O2/c1-3-24-23(26-15-13-19(17-26)18-27-2)25-14-16-28-22-12-8-7-11-21(22)20-9-5-4-6-10-20/h4-12,19H,3,13-18H2,1-2H3,(H,24,25). The maximum Gasteiger partial charge on any atom is 0.194 e. The van der Waals surface area contributed by atoms with Gasteiger partial charge < -0.3 is 19.7 Å². The smallest absolute Gasteiger partial charge is 0.194 e. The van der Waals surface area contributed by atoms with Crippen LogP contribution >= 0.6 is 0 Å². The zero-order valence-corrected chi connectivity index (χ0v) is 16.9. The minimum absolute atomic E-state index is 0.550. The average molecular weight is 382 g/mol. The van der Waals surface area contributed by atoms with E-state index < -0.39 is 0 Å². The van der Waals surface area contributed by atoms with Crippen molar-refractivity contribution in [1.29, 1.82) is 0 Å². The van der Waals surface area contributed by atoms with Gasteiger partial charge in [-0.15, -0.1) is 0 Å². The molecular weight excluding hydrogens is 350 g/mol. The number of likely N-dealkylation sites (tertiary alicyclic amines) is 1. The lowest BCUT2D eigenvalue weighted by Crippen LogP contribution is -2.40. The average Bonchev–Trinajstić information content (AvgIpc) is 3.20. The first-order chi connectivity index (χ1) is 13.8. The van der Waals surface area contributed by atoms with E-state index in [1.807, 2.05) is 36.4 Å². The maximum absolute atomic E-state index is 6.07. The zero-order valence-electron chi connectivity index (χ0n) is 16.9. The van der Waals surface area contributed by atoms with Gasteiger partial charge in [-0.3, -0.25) is 0 Å². The van der Waals surface area contributed by atoms with E-state index in [4.69, 9.17) is 14.5 Å². The van der Waals surface area contributed by atoms with E-state index >= 15 is 0 Å². The van der Waals surface area contributed by atoms with Crippen molar-refractivity contribution in [2.75, 3.05) is 46.5 Å². The first-order valence-electron chi connectivity index (χ1n) is 10.1. The molecule has 5 nitrogen and oxygen atoms in total. The number of aliphatic imine (C=N–C) groups is 1. The number of nitrogens with one attached hydrogen (secondary N) is 1. The molecule has 0 radical (unpaired) electrons. The molecule has 0 aliphatic carbocycles. The predicted octanol–water partition coefficient (Wildman–Crippen LogP) is 3.67. The van der Waals surface area contributed by atoms with E-state index in [0.29, 0.717) is 19.1 Å². The van der Waals surface area contributed by atoms with Crippen molar-refractivity contribution in [3.05, 3.63) is 54.6 Å². The summed E-state index contributed by atoms with van der Waals surface area (Å²) < 4.78 is 11.4. The second-order valence-corrected chi connectivity index (χ2v) is 7.00. The summed E-state index contributed by atoms with van der Waals surface area (Å²) in [6, 6.07) is 18.5. The Morgan fingerprint density at radius 3 is 2.71 bits per heavy atom. The van der Waals surface area contributed by atoms with Gasteiger partial charge in [-0.25, -0.2) is 4.99 Å². The Bertz CT molecular complexity index is 749. The summed E-state index contributed by atoms with van der Waals surface area (Å²) in [6.07, 6.45) is 1.15. The van der Waals surface area contributed by atoms with Gasteiger partial charge >= 0.3 is 0 Å². The quantitative estimate of drug-likeness (QED) is 0.431. The molecule has 1 N–H and O–H groups in total. The van der Waals surface area contributed by atoms with E-state index in [0.717, 1.165) is 55.5 Å². The maximum atomic E-state index is 6.07. The van der Waals surface area contributed by atoms with Crippen molar-refractivity contribution in [1.82, 2.24) is 10.2 Å². The molecule has 3 rings (SSSR count). The van der Waals surface area contributed by atoms with Crippen LogP contribution in [0.3, 0.4) is 0 Å². The number of nitrogens with zero attached hydrogens (tertiary/aromatic N) is 2. The minimum Gasteiger partial charge on any atom is -0.491 e. The van der Waals surface area contributed by atoms with Crippen LogP contribution in [-0.2, 0) is 4.74 Å². The van der Waals surface area contributed by atoms with Gasteiger partial charge in [-0.05, 0) is 25.0 Å². The van der Waals surface area contributed by atoms with Crippen LogP contribution in [0.4, 0.5) is 0 Å². The monoisotopic (exact) mass is 381 g/mol. The molecule has 0 aromatic heterocycles. The van der Waals surface area contributed by atoms with Crippen LogP contribution in [0.25, 0.3) is 11.1 Å². The Morgan fingerprint density at radius 2 is 1.93 bits per heavy atom. The van der Waals surface area contributed by atoms with E-state index in [9.17, 15) is 0 Å². The fraction of sp³-hybridized carbons (Fsp3) is 0.435. The third-order valence-electron chi connectivity index (χ3n) is 4.90. The third-order valence-corrected chi connectivity index (χ3v) is 4.90. The summed E-state index contributed by atoms with van der Waals surface area (Å²) in [5.41, 5.74) is 2.28. The lowest BCUT2D eigenvalue weighted by Gasteiger charge is -2.21. The Hall–Kier alpha value is -2.53. The molecule has 5 heteroatoms. The molecule has 2 aromatic carbocycles. The fourth-order valence-corrected chi connectivity index (χ4v) is 3.58. The number of hydrogen-bond acceptors (Lipinski definition) is 3. The van der Waals surface area contributed by atoms with Crippen molar-refractivity contribution in [2.45, 2.75) is 13.3 Å². The Balaban J connectivity index is 1.58. The molecule has 2 aromatic rings. The topological polar surface area (TPSA) is 46.1 Å². The molecule has 28 heavy (non-hydrogen) atoms. The molecule has 1 unspecified atom stereocenters. The summed E-state index contributed by atoms with van der Waals surface area (Å²) in [6.45, 7) is 6.97. The number of benzene rings is 2. The SMILES string of the molecule is CCNC(=NCCOc1ccccc1-c1ccccc1)N1CCC(COC)C1. The van der Waals surface area contributed by atoms with Crippen LogP contribution in [-0.4, -0.2) is 57.4 Å². The van der Waals surface area contributed by atoms with E-state index in [-0.39, 0.29) is 0 Å². The molecule has 0 bridgehead atoms. The molecule has 1 atom stereocenters. The molecule has 1 fully saturated rings. The van der Waals surface area contributed by atoms with Crippen LogP contribution in [0, 0.1) is 5.92 Å².